The fourth-order valence-corrected chi connectivity index (χ4v) is 2.57. The molecule has 2 aromatic rings. The molecule has 0 radical (unpaired) electrons. The van der Waals surface area contributed by atoms with Gasteiger partial charge in [-0.1, -0.05) is 20.8 Å². The van der Waals surface area contributed by atoms with Gasteiger partial charge in [-0.3, -0.25) is 0 Å². The Balaban J connectivity index is 1.52. The van der Waals surface area contributed by atoms with Gasteiger partial charge < -0.3 is 10.2 Å². The third-order valence-corrected chi connectivity index (χ3v) is 4.06. The second-order valence-electron chi connectivity index (χ2n) is 7.04. The Labute approximate surface area is 141 Å². The van der Waals surface area contributed by atoms with Gasteiger partial charge in [0.25, 0.3) is 0 Å². The topological polar surface area (TPSA) is 90.6 Å². The average molecular weight is 323 g/mol. The molecule has 0 bridgehead atoms. The van der Waals surface area contributed by atoms with Crippen LogP contribution in [0.25, 0.3) is 0 Å². The monoisotopic (exact) mass is 323 g/mol. The van der Waals surface area contributed by atoms with E-state index in [2.05, 4.69) is 51.2 Å². The second kappa shape index (κ2) is 6.40. The lowest BCUT2D eigenvalue weighted by molar-refractivity contribution is 0.424. The number of nitriles is 1. The van der Waals surface area contributed by atoms with Crippen molar-refractivity contribution in [1.29, 1.82) is 5.26 Å². The number of aromatic nitrogens is 4. The molecule has 1 fully saturated rings. The molecule has 0 saturated carbocycles. The highest BCUT2D eigenvalue weighted by Crippen LogP contribution is 2.25. The first-order valence-electron chi connectivity index (χ1n) is 8.01. The van der Waals surface area contributed by atoms with E-state index in [0.717, 1.165) is 31.1 Å². The summed E-state index contributed by atoms with van der Waals surface area (Å²) in [6.45, 7) is 8.98. The summed E-state index contributed by atoms with van der Waals surface area (Å²) in [5, 5.41) is 20.9. The second-order valence-corrected chi connectivity index (χ2v) is 7.04. The molecule has 1 aliphatic heterocycles. The molecule has 3 heterocycles. The molecule has 0 aromatic carbocycles. The molecule has 0 amide bonds. The van der Waals surface area contributed by atoms with Crippen LogP contribution in [0.5, 0.6) is 0 Å². The predicted molar refractivity (Wildman–Crippen MR) is 91.7 cm³/mol. The standard InChI is InChI=1S/C17H21N7/c1-17(2,3)14-4-5-15(23-22-14)24-10-12(11-24)9-21-16-13(8-18)19-6-7-20-16/h4-7,12H,9-11H2,1-3H3,(H,20,21). The molecule has 7 nitrogen and oxygen atoms in total. The van der Waals surface area contributed by atoms with E-state index >= 15 is 0 Å². The molecular weight excluding hydrogens is 302 g/mol. The summed E-state index contributed by atoms with van der Waals surface area (Å²) >= 11 is 0. The van der Waals surface area contributed by atoms with Gasteiger partial charge in [0.05, 0.1) is 5.69 Å². The summed E-state index contributed by atoms with van der Waals surface area (Å²) in [4.78, 5) is 10.4. The van der Waals surface area contributed by atoms with E-state index in [0.29, 0.717) is 17.4 Å². The Bertz CT molecular complexity index is 737. The maximum Gasteiger partial charge on any atom is 0.182 e. The Morgan fingerprint density at radius 1 is 1.21 bits per heavy atom. The van der Waals surface area contributed by atoms with Gasteiger partial charge in [-0.15, -0.1) is 5.10 Å². The maximum absolute atomic E-state index is 9.01. The molecule has 1 N–H and O–H groups in total. The van der Waals surface area contributed by atoms with E-state index in [9.17, 15) is 0 Å². The van der Waals surface area contributed by atoms with E-state index in [4.69, 9.17) is 5.26 Å². The van der Waals surface area contributed by atoms with Crippen LogP contribution in [-0.2, 0) is 5.41 Å². The van der Waals surface area contributed by atoms with Crippen molar-refractivity contribution in [3.8, 4) is 6.07 Å². The van der Waals surface area contributed by atoms with Crippen LogP contribution < -0.4 is 10.2 Å². The highest BCUT2D eigenvalue weighted by atomic mass is 15.3. The molecule has 3 rings (SSSR count). The molecule has 124 valence electrons. The number of rotatable bonds is 4. The van der Waals surface area contributed by atoms with E-state index in [1.165, 1.54) is 6.20 Å². The lowest BCUT2D eigenvalue weighted by atomic mass is 9.92. The summed E-state index contributed by atoms with van der Waals surface area (Å²) < 4.78 is 0. The normalized spacial score (nSPS) is 14.8. The smallest absolute Gasteiger partial charge is 0.182 e. The number of hydrogen-bond donors (Lipinski definition) is 1. The molecule has 0 aliphatic carbocycles. The number of anilines is 2. The van der Waals surface area contributed by atoms with Crippen molar-refractivity contribution in [1.82, 2.24) is 20.2 Å². The van der Waals surface area contributed by atoms with Crippen LogP contribution in [0.1, 0.15) is 32.2 Å². The molecule has 24 heavy (non-hydrogen) atoms. The van der Waals surface area contributed by atoms with Crippen molar-refractivity contribution in [3.63, 3.8) is 0 Å². The lowest BCUT2D eigenvalue weighted by Crippen LogP contribution is -2.50. The largest absolute Gasteiger partial charge is 0.367 e. The minimum absolute atomic E-state index is 0.0160. The molecular formula is C17H21N7. The molecule has 1 saturated heterocycles. The fraction of sp³-hybridized carbons (Fsp3) is 0.471. The van der Waals surface area contributed by atoms with Crippen LogP contribution in [0.4, 0.5) is 11.6 Å². The first-order valence-corrected chi connectivity index (χ1v) is 8.01. The molecule has 0 spiro atoms. The van der Waals surface area contributed by atoms with Gasteiger partial charge in [-0.2, -0.15) is 10.4 Å². The Hall–Kier alpha value is -2.75. The number of nitrogens with zero attached hydrogens (tertiary/aromatic N) is 6. The minimum Gasteiger partial charge on any atom is -0.367 e. The zero-order valence-electron chi connectivity index (χ0n) is 14.2. The van der Waals surface area contributed by atoms with E-state index in [-0.39, 0.29) is 5.41 Å². The van der Waals surface area contributed by atoms with Crippen molar-refractivity contribution in [2.45, 2.75) is 26.2 Å². The van der Waals surface area contributed by atoms with Crippen molar-refractivity contribution in [2.24, 2.45) is 5.92 Å². The minimum atomic E-state index is 0.0160. The average Bonchev–Trinajstić information content (AvgIpc) is 2.53. The highest BCUT2D eigenvalue weighted by molar-refractivity contribution is 5.47. The third-order valence-electron chi connectivity index (χ3n) is 4.06. The Morgan fingerprint density at radius 3 is 2.58 bits per heavy atom. The molecule has 0 unspecified atom stereocenters. The first-order chi connectivity index (χ1) is 11.5. The summed E-state index contributed by atoms with van der Waals surface area (Å²) in [6.07, 6.45) is 3.11. The fourth-order valence-electron chi connectivity index (χ4n) is 2.57. The molecule has 7 heteroatoms. The van der Waals surface area contributed by atoms with Crippen molar-refractivity contribution < 1.29 is 0 Å². The highest BCUT2D eigenvalue weighted by Gasteiger charge is 2.28. The van der Waals surface area contributed by atoms with Crippen LogP contribution in [0.15, 0.2) is 24.5 Å². The van der Waals surface area contributed by atoms with E-state index < -0.39 is 0 Å². The van der Waals surface area contributed by atoms with Crippen LogP contribution >= 0.6 is 0 Å². The zero-order chi connectivity index (χ0) is 17.2. The van der Waals surface area contributed by atoms with Gasteiger partial charge in [0.15, 0.2) is 17.3 Å². The van der Waals surface area contributed by atoms with Gasteiger partial charge in [0, 0.05) is 43.4 Å². The molecule has 0 atom stereocenters. The third kappa shape index (κ3) is 3.43. The van der Waals surface area contributed by atoms with Crippen molar-refractivity contribution >= 4 is 11.6 Å². The Morgan fingerprint density at radius 2 is 1.96 bits per heavy atom. The van der Waals surface area contributed by atoms with Crippen molar-refractivity contribution in [2.75, 3.05) is 29.9 Å². The van der Waals surface area contributed by atoms with E-state index in [1.807, 2.05) is 18.2 Å². The lowest BCUT2D eigenvalue weighted by Gasteiger charge is -2.40. The van der Waals surface area contributed by atoms with Crippen LogP contribution in [-0.4, -0.2) is 39.8 Å². The number of nitrogens with one attached hydrogen (secondary N) is 1. The quantitative estimate of drug-likeness (QED) is 0.920. The van der Waals surface area contributed by atoms with Crippen LogP contribution in [0, 0.1) is 17.2 Å². The molecule has 2 aromatic heterocycles. The van der Waals surface area contributed by atoms with Crippen LogP contribution in [0.2, 0.25) is 0 Å². The van der Waals surface area contributed by atoms with Gasteiger partial charge in [-0.05, 0) is 12.1 Å². The first kappa shape index (κ1) is 16.1. The Kier molecular flexibility index (Phi) is 4.30. The summed E-state index contributed by atoms with van der Waals surface area (Å²) in [5.74, 6) is 1.95. The van der Waals surface area contributed by atoms with Gasteiger partial charge in [-0.25, -0.2) is 9.97 Å². The summed E-state index contributed by atoms with van der Waals surface area (Å²) in [7, 11) is 0. The summed E-state index contributed by atoms with van der Waals surface area (Å²) in [6, 6.07) is 6.13. The zero-order valence-corrected chi connectivity index (χ0v) is 14.2. The SMILES string of the molecule is CC(C)(C)c1ccc(N2CC(CNc3nccnc3C#N)C2)nn1. The van der Waals surface area contributed by atoms with E-state index in [1.54, 1.807) is 6.20 Å². The van der Waals surface area contributed by atoms with Gasteiger partial charge in [0.1, 0.15) is 6.07 Å². The van der Waals surface area contributed by atoms with Gasteiger partial charge in [0.2, 0.25) is 0 Å². The predicted octanol–water partition coefficient (Wildman–Crippen LogP) is 1.98. The maximum atomic E-state index is 9.01. The molecule has 1 aliphatic rings. The summed E-state index contributed by atoms with van der Waals surface area (Å²) in [5.41, 5.74) is 1.34. The number of hydrogen-bond acceptors (Lipinski definition) is 7. The van der Waals surface area contributed by atoms with Crippen molar-refractivity contribution in [3.05, 3.63) is 35.9 Å². The van der Waals surface area contributed by atoms with Gasteiger partial charge >= 0.3 is 0 Å². The van der Waals surface area contributed by atoms with Crippen LogP contribution in [0.3, 0.4) is 0 Å².